The van der Waals surface area contributed by atoms with Crippen LogP contribution in [0.2, 0.25) is 0 Å². The van der Waals surface area contributed by atoms with E-state index in [1.807, 2.05) is 72.6 Å². The molecule has 2 unspecified atom stereocenters. The van der Waals surface area contributed by atoms with Crippen LogP contribution in [0.25, 0.3) is 9.69 Å². The number of carbonyl (C=O) groups excluding carboxylic acids is 2. The molecular weight excluding hydrogens is 1250 g/mol. The zero-order chi connectivity index (χ0) is 67.1. The number of hydrogen-bond acceptors (Lipinski definition) is 18. The van der Waals surface area contributed by atoms with Crippen LogP contribution in [0.15, 0.2) is 97.3 Å². The molecule has 2 amide bonds. The lowest BCUT2D eigenvalue weighted by Gasteiger charge is -2.40. The Hall–Kier alpha value is -9.19. The maximum Gasteiger partial charge on any atom is 0.420 e. The van der Waals surface area contributed by atoms with Gasteiger partial charge < -0.3 is 58.5 Å². The molecule has 1 N–H and O–H groups in total. The lowest BCUT2D eigenvalue weighted by molar-refractivity contribution is -0.140. The third-order valence-electron chi connectivity index (χ3n) is 17.6. The zero-order valence-electron chi connectivity index (χ0n) is 52.8. The minimum Gasteiger partial charge on any atom is -0.462 e. The minimum absolute atomic E-state index is 0.0786. The zero-order valence-corrected chi connectivity index (χ0v) is 52.8. The largest absolute Gasteiger partial charge is 0.462 e. The second-order valence-corrected chi connectivity index (χ2v) is 23.8. The quantitative estimate of drug-likeness (QED) is 0.0581. The number of likely N-dealkylation sites (tertiary alicyclic amines) is 2. The molecular formula is C66H75F7N16O6. The van der Waals surface area contributed by atoms with Crippen LogP contribution >= 0.6 is 0 Å². The van der Waals surface area contributed by atoms with E-state index < -0.39 is 41.6 Å². The summed E-state index contributed by atoms with van der Waals surface area (Å²) in [6.45, 7) is 23.3. The van der Waals surface area contributed by atoms with E-state index in [0.29, 0.717) is 95.1 Å². The number of alkyl halides is 6. The Morgan fingerprint density at radius 3 is 1.54 bits per heavy atom. The third-order valence-corrected chi connectivity index (χ3v) is 17.6. The van der Waals surface area contributed by atoms with Crippen molar-refractivity contribution in [1.29, 1.82) is 0 Å². The Bertz CT molecular complexity index is 3640. The summed E-state index contributed by atoms with van der Waals surface area (Å²) < 4.78 is 113. The van der Waals surface area contributed by atoms with Gasteiger partial charge in [-0.3, -0.25) is 9.80 Å². The molecule has 4 aromatic heterocycles. The van der Waals surface area contributed by atoms with Crippen LogP contribution in [0, 0.1) is 19.1 Å². The van der Waals surface area contributed by atoms with Crippen LogP contribution in [0.5, 0.6) is 12.0 Å². The molecule has 29 heteroatoms. The maximum atomic E-state index is 13.9. The van der Waals surface area contributed by atoms with Gasteiger partial charge in [-0.05, 0) is 108 Å². The number of hydrogen-bond donors (Lipinski definition) is 1. The van der Waals surface area contributed by atoms with E-state index in [9.17, 15) is 40.3 Å². The molecule has 2 aromatic carbocycles. The average Bonchev–Trinajstić information content (AvgIpc) is 1.61. The van der Waals surface area contributed by atoms with Crippen LogP contribution in [-0.2, 0) is 61.0 Å². The predicted molar refractivity (Wildman–Crippen MR) is 337 cm³/mol. The van der Waals surface area contributed by atoms with Gasteiger partial charge in [0.15, 0.2) is 0 Å². The van der Waals surface area contributed by atoms with E-state index in [2.05, 4.69) is 46.7 Å². The number of aromatic nitrogens is 6. The van der Waals surface area contributed by atoms with Crippen molar-refractivity contribution < 1.29 is 59.3 Å². The molecule has 6 aliphatic heterocycles. The second-order valence-electron chi connectivity index (χ2n) is 23.8. The monoisotopic (exact) mass is 1320 g/mol. The molecule has 0 saturated carbocycles. The molecule has 6 aliphatic rings. The number of fused-ring (bicyclic) bond motifs is 2. The SMILES string of the molecule is Fc1ncccc1C(F)(F)F.[C-]#[N+]CC1CN(c2nc(OC[C@@H]3CCCN3C)nc3c2CCN(c2ncccc2C(F)(F)F)C3)CCN1C(=O)OCc1ccccc1.[C-]#[N+]CC1CN(c2nc(OC[C@@H]3CCCN3C)nc3c2CCNC3)CCN1C(=O)OCc1ccccc1. The molecule has 95 heavy (non-hydrogen) atoms. The number of likely N-dealkylation sites (N-methyl/N-ethyl adjacent to an activating group) is 2. The molecule has 12 rings (SSSR count). The van der Waals surface area contributed by atoms with E-state index in [0.717, 1.165) is 97.4 Å². The summed E-state index contributed by atoms with van der Waals surface area (Å²) in [6.07, 6.45) is -2.16. The smallest absolute Gasteiger partial charge is 0.420 e. The number of rotatable bonds is 15. The first-order valence-electron chi connectivity index (χ1n) is 31.6. The Labute approximate surface area is 546 Å². The molecule has 6 aromatic rings. The van der Waals surface area contributed by atoms with Crippen LogP contribution in [0.3, 0.4) is 0 Å². The fraction of sp³-hybridized carbons (Fsp3) is 0.485. The number of carbonyl (C=O) groups is 2. The standard InChI is InChI=1S/C33H37F3N8O3.C27H35N7O3.C6H3F4N/c1-37-18-25-19-43(16-17-44(25)32(45)47-21-23-8-4-3-5-9-23)29-26-12-15-42(30-27(33(34,35)36)11-6-13-38-30)20-28(26)39-31(40-29)46-22-24-10-7-14-41(24)2;1-28-15-22-17-33(13-14-34(22)27(35)37-18-20-7-4-3-5-8-20)25-23-10-11-29-16-24(23)30-26(31-25)36-19-21-9-6-12-32(21)2;7-5-4(6(8,9)10)2-1-3-11-5/h3-6,8-9,11,13,24-25H,7,10,12,14-22H2,2H3;3-5,7-8,21-22,29H,6,9-19H2,2H3;1-3H/t24-,25?;21-,22?;/m00./s1. The van der Waals surface area contributed by atoms with Gasteiger partial charge in [0, 0.05) is 88.0 Å². The maximum absolute atomic E-state index is 13.9. The summed E-state index contributed by atoms with van der Waals surface area (Å²) in [5.41, 5.74) is 3.17. The number of ether oxygens (including phenoxy) is 4. The summed E-state index contributed by atoms with van der Waals surface area (Å²) in [5.74, 6) is -0.136. The first-order valence-corrected chi connectivity index (χ1v) is 31.6. The molecule has 0 aliphatic carbocycles. The van der Waals surface area contributed by atoms with E-state index in [-0.39, 0.29) is 69.4 Å². The van der Waals surface area contributed by atoms with Crippen molar-refractivity contribution in [1.82, 2.24) is 54.8 Å². The number of piperazine rings is 2. The van der Waals surface area contributed by atoms with Crippen LogP contribution in [0.1, 0.15) is 70.5 Å². The molecule has 22 nitrogen and oxygen atoms in total. The van der Waals surface area contributed by atoms with E-state index in [4.69, 9.17) is 52.0 Å². The number of halogens is 7. The number of anilines is 3. The van der Waals surface area contributed by atoms with Gasteiger partial charge in [-0.25, -0.2) is 32.7 Å². The van der Waals surface area contributed by atoms with Crippen molar-refractivity contribution in [3.63, 3.8) is 0 Å². The highest BCUT2D eigenvalue weighted by Gasteiger charge is 2.41. The van der Waals surface area contributed by atoms with E-state index in [1.165, 1.54) is 18.7 Å². The summed E-state index contributed by atoms with van der Waals surface area (Å²) in [6, 6.07) is 23.5. The first-order chi connectivity index (χ1) is 45.8. The lowest BCUT2D eigenvalue weighted by Crippen LogP contribution is -2.57. The van der Waals surface area contributed by atoms with E-state index in [1.54, 1.807) is 14.7 Å². The van der Waals surface area contributed by atoms with Gasteiger partial charge >= 0.3 is 36.6 Å². The molecule has 4 fully saturated rings. The van der Waals surface area contributed by atoms with Crippen LogP contribution in [0.4, 0.5) is 57.8 Å². The van der Waals surface area contributed by atoms with Gasteiger partial charge in [0.2, 0.25) is 19.0 Å². The van der Waals surface area contributed by atoms with Crippen molar-refractivity contribution in [3.8, 4) is 12.0 Å². The molecule has 10 heterocycles. The van der Waals surface area contributed by atoms with Gasteiger partial charge in [-0.15, -0.1) is 0 Å². The number of nitrogens with zero attached hydrogens (tertiary/aromatic N) is 15. The molecule has 0 spiro atoms. The summed E-state index contributed by atoms with van der Waals surface area (Å²) in [7, 11) is 4.18. The van der Waals surface area contributed by atoms with Gasteiger partial charge in [0.1, 0.15) is 61.5 Å². The summed E-state index contributed by atoms with van der Waals surface area (Å²) in [5, 5.41) is 3.40. The van der Waals surface area contributed by atoms with Crippen molar-refractivity contribution in [3.05, 3.63) is 171 Å². The fourth-order valence-corrected chi connectivity index (χ4v) is 12.4. The highest BCUT2D eigenvalue weighted by molar-refractivity contribution is 5.70. The predicted octanol–water partition coefficient (Wildman–Crippen LogP) is 9.25. The van der Waals surface area contributed by atoms with Gasteiger partial charge in [-0.1, -0.05) is 60.7 Å². The second kappa shape index (κ2) is 31.8. The molecule has 504 valence electrons. The third kappa shape index (κ3) is 17.8. The van der Waals surface area contributed by atoms with Crippen molar-refractivity contribution >= 4 is 29.6 Å². The van der Waals surface area contributed by atoms with E-state index >= 15 is 0 Å². The number of pyridine rings is 2. The number of benzene rings is 2. The van der Waals surface area contributed by atoms with Crippen molar-refractivity contribution in [2.45, 2.75) is 101 Å². The van der Waals surface area contributed by atoms with Crippen molar-refractivity contribution in [2.75, 3.05) is 121 Å². The average molecular weight is 1320 g/mol. The first kappa shape index (κ1) is 68.7. The number of nitrogens with one attached hydrogen (secondary N) is 1. The Morgan fingerprint density at radius 1 is 0.568 bits per heavy atom. The van der Waals surface area contributed by atoms with Crippen LogP contribution < -0.4 is 29.5 Å². The van der Waals surface area contributed by atoms with Gasteiger partial charge in [0.05, 0.1) is 23.5 Å². The Morgan fingerprint density at radius 2 is 1.06 bits per heavy atom. The van der Waals surface area contributed by atoms with Gasteiger partial charge in [0.25, 0.3) is 0 Å². The topological polar surface area (TPSA) is 192 Å². The summed E-state index contributed by atoms with van der Waals surface area (Å²) >= 11 is 0. The Balaban J connectivity index is 0.000000182. The molecule has 4 saturated heterocycles. The minimum atomic E-state index is -4.65. The highest BCUT2D eigenvalue weighted by atomic mass is 19.4. The van der Waals surface area contributed by atoms with Gasteiger partial charge in [-0.2, -0.15) is 50.7 Å². The fourth-order valence-electron chi connectivity index (χ4n) is 12.4. The summed E-state index contributed by atoms with van der Waals surface area (Å²) in [4.78, 5) is 73.1. The Kier molecular flexibility index (Phi) is 23.0. The normalized spacial score (nSPS) is 19.8. The highest BCUT2D eigenvalue weighted by Crippen LogP contribution is 2.39. The van der Waals surface area contributed by atoms with Crippen LogP contribution in [-0.4, -0.2) is 192 Å². The number of amides is 2. The lowest BCUT2D eigenvalue weighted by atomic mass is 10.0. The molecule has 4 atom stereocenters. The molecule has 0 bridgehead atoms. The van der Waals surface area contributed by atoms with Crippen molar-refractivity contribution in [2.24, 2.45) is 0 Å². The molecule has 0 radical (unpaired) electrons.